The summed E-state index contributed by atoms with van der Waals surface area (Å²) in [6, 6.07) is 16.1. The van der Waals surface area contributed by atoms with Crippen LogP contribution in [0.3, 0.4) is 0 Å². The average molecular weight is 362 g/mol. The number of rotatable bonds is 5. The van der Waals surface area contributed by atoms with E-state index in [1.54, 1.807) is 18.2 Å². The lowest BCUT2D eigenvalue weighted by molar-refractivity contribution is -0.141. The van der Waals surface area contributed by atoms with E-state index in [1.807, 2.05) is 36.4 Å². The molecular weight excluding hydrogens is 346 g/mol. The second kappa shape index (κ2) is 7.75. The van der Waals surface area contributed by atoms with Gasteiger partial charge in [-0.05, 0) is 33.6 Å². The first-order valence-corrected chi connectivity index (χ1v) is 7.58. The third-order valence-corrected chi connectivity index (χ3v) is 3.92. The van der Waals surface area contributed by atoms with Crippen molar-refractivity contribution in [3.63, 3.8) is 0 Å². The Morgan fingerprint density at radius 3 is 2.36 bits per heavy atom. The Morgan fingerprint density at radius 2 is 1.73 bits per heavy atom. The summed E-state index contributed by atoms with van der Waals surface area (Å²) in [5, 5.41) is 2.89. The van der Waals surface area contributed by atoms with Gasteiger partial charge in [-0.2, -0.15) is 0 Å². The zero-order valence-electron chi connectivity index (χ0n) is 12.1. The van der Waals surface area contributed by atoms with Gasteiger partial charge in [0, 0.05) is 4.47 Å². The normalized spacial score (nSPS) is 11.5. The first-order valence-electron chi connectivity index (χ1n) is 6.79. The number of nitrogens with one attached hydrogen (secondary N) is 1. The number of ether oxygens (including phenoxy) is 1. The van der Waals surface area contributed by atoms with Gasteiger partial charge in [-0.15, -0.1) is 0 Å². The van der Waals surface area contributed by atoms with Gasteiger partial charge in [0.2, 0.25) is 0 Å². The maximum atomic E-state index is 12.4. The second-order valence-corrected chi connectivity index (χ2v) is 5.55. The van der Waals surface area contributed by atoms with Gasteiger partial charge >= 0.3 is 5.97 Å². The van der Waals surface area contributed by atoms with Crippen LogP contribution in [-0.4, -0.2) is 19.0 Å². The summed E-state index contributed by atoms with van der Waals surface area (Å²) in [4.78, 5) is 24.0. The average Bonchev–Trinajstić information content (AvgIpc) is 2.55. The number of hydrogen-bond acceptors (Lipinski definition) is 3. The summed E-state index contributed by atoms with van der Waals surface area (Å²) < 4.78 is 5.42. The summed E-state index contributed by atoms with van der Waals surface area (Å²) in [6.07, 6.45) is 0.0801. The number of esters is 1. The fourth-order valence-electron chi connectivity index (χ4n) is 2.07. The quantitative estimate of drug-likeness (QED) is 0.829. The minimum atomic E-state index is -0.437. The molecule has 0 aliphatic rings. The van der Waals surface area contributed by atoms with E-state index in [4.69, 9.17) is 4.74 Å². The van der Waals surface area contributed by atoms with E-state index in [1.165, 1.54) is 7.11 Å². The molecule has 0 aliphatic heterocycles. The van der Waals surface area contributed by atoms with Crippen molar-refractivity contribution in [2.24, 2.45) is 0 Å². The summed E-state index contributed by atoms with van der Waals surface area (Å²) in [7, 11) is 1.33. The molecule has 0 unspecified atom stereocenters. The van der Waals surface area contributed by atoms with Crippen LogP contribution in [0.25, 0.3) is 0 Å². The minimum absolute atomic E-state index is 0.0801. The van der Waals surface area contributed by atoms with E-state index >= 15 is 0 Å². The largest absolute Gasteiger partial charge is 0.469 e. The fraction of sp³-hybridized carbons (Fsp3) is 0.176. The molecule has 1 atom stereocenters. The Balaban J connectivity index is 2.21. The van der Waals surface area contributed by atoms with Crippen LogP contribution in [0.15, 0.2) is 59.1 Å². The predicted octanol–water partition coefficient (Wildman–Crippen LogP) is 3.48. The van der Waals surface area contributed by atoms with Crippen LogP contribution in [0.1, 0.15) is 28.4 Å². The summed E-state index contributed by atoms with van der Waals surface area (Å²) in [6.45, 7) is 0. The first-order chi connectivity index (χ1) is 10.6. The number of methoxy groups -OCH3 is 1. The molecule has 2 rings (SSSR count). The molecule has 0 fully saturated rings. The van der Waals surface area contributed by atoms with Gasteiger partial charge in [-0.3, -0.25) is 9.59 Å². The van der Waals surface area contributed by atoms with Crippen molar-refractivity contribution < 1.29 is 14.3 Å². The van der Waals surface area contributed by atoms with Crippen molar-refractivity contribution in [3.05, 3.63) is 70.2 Å². The van der Waals surface area contributed by atoms with Crippen molar-refractivity contribution in [3.8, 4) is 0 Å². The molecule has 0 radical (unpaired) electrons. The van der Waals surface area contributed by atoms with E-state index in [-0.39, 0.29) is 18.3 Å². The third kappa shape index (κ3) is 4.18. The zero-order chi connectivity index (χ0) is 15.9. The van der Waals surface area contributed by atoms with Crippen molar-refractivity contribution in [1.82, 2.24) is 5.32 Å². The van der Waals surface area contributed by atoms with E-state index in [9.17, 15) is 9.59 Å². The number of halogens is 1. The van der Waals surface area contributed by atoms with Gasteiger partial charge in [0.1, 0.15) is 0 Å². The number of carbonyl (C=O) groups is 2. The molecule has 0 spiro atoms. The van der Waals surface area contributed by atoms with Gasteiger partial charge < -0.3 is 10.1 Å². The van der Waals surface area contributed by atoms with Gasteiger partial charge in [-0.25, -0.2) is 0 Å². The highest BCUT2D eigenvalue weighted by atomic mass is 79.9. The van der Waals surface area contributed by atoms with E-state index in [0.717, 1.165) is 5.56 Å². The maximum Gasteiger partial charge on any atom is 0.307 e. The summed E-state index contributed by atoms with van der Waals surface area (Å²) in [5.41, 5.74) is 1.38. The molecule has 0 aliphatic carbocycles. The molecule has 0 bridgehead atoms. The standard InChI is InChI=1S/C17H16BrNO3/c1-22-16(20)11-15(12-7-3-2-4-8-12)19-17(21)13-9-5-6-10-14(13)18/h2-10,15H,11H2,1H3,(H,19,21)/t15-/m0/s1. The lowest BCUT2D eigenvalue weighted by Gasteiger charge is -2.18. The lowest BCUT2D eigenvalue weighted by Crippen LogP contribution is -2.30. The van der Waals surface area contributed by atoms with Crippen molar-refractivity contribution in [1.29, 1.82) is 0 Å². The highest BCUT2D eigenvalue weighted by Gasteiger charge is 2.20. The van der Waals surface area contributed by atoms with Crippen molar-refractivity contribution >= 4 is 27.8 Å². The minimum Gasteiger partial charge on any atom is -0.469 e. The van der Waals surface area contributed by atoms with Gasteiger partial charge in [0.05, 0.1) is 25.1 Å². The van der Waals surface area contributed by atoms with Crippen molar-refractivity contribution in [2.75, 3.05) is 7.11 Å². The monoisotopic (exact) mass is 361 g/mol. The molecule has 1 N–H and O–H groups in total. The molecule has 0 aromatic heterocycles. The van der Waals surface area contributed by atoms with Crippen LogP contribution >= 0.6 is 15.9 Å². The molecule has 5 heteroatoms. The maximum absolute atomic E-state index is 12.4. The highest BCUT2D eigenvalue weighted by Crippen LogP contribution is 2.20. The molecule has 1 amide bonds. The Morgan fingerprint density at radius 1 is 1.09 bits per heavy atom. The highest BCUT2D eigenvalue weighted by molar-refractivity contribution is 9.10. The molecule has 0 saturated heterocycles. The van der Waals surface area contributed by atoms with E-state index < -0.39 is 6.04 Å². The van der Waals surface area contributed by atoms with Gasteiger partial charge in [0.25, 0.3) is 5.91 Å². The van der Waals surface area contributed by atoms with Crippen LogP contribution in [0.4, 0.5) is 0 Å². The summed E-state index contributed by atoms with van der Waals surface area (Å²) >= 11 is 3.36. The van der Waals surface area contributed by atoms with Crippen molar-refractivity contribution in [2.45, 2.75) is 12.5 Å². The Bertz CT molecular complexity index is 658. The number of benzene rings is 2. The summed E-state index contributed by atoms with van der Waals surface area (Å²) in [5.74, 6) is -0.619. The molecule has 2 aromatic rings. The fourth-order valence-corrected chi connectivity index (χ4v) is 2.53. The number of hydrogen-bond donors (Lipinski definition) is 1. The smallest absolute Gasteiger partial charge is 0.307 e. The van der Waals surface area contributed by atoms with E-state index in [2.05, 4.69) is 21.2 Å². The number of carbonyl (C=O) groups excluding carboxylic acids is 2. The Labute approximate surface area is 137 Å². The molecule has 2 aromatic carbocycles. The van der Waals surface area contributed by atoms with Gasteiger partial charge in [0.15, 0.2) is 0 Å². The zero-order valence-corrected chi connectivity index (χ0v) is 13.7. The van der Waals surface area contributed by atoms with Crippen LogP contribution in [-0.2, 0) is 9.53 Å². The molecular formula is C17H16BrNO3. The Hall–Kier alpha value is -2.14. The SMILES string of the molecule is COC(=O)C[C@H](NC(=O)c1ccccc1Br)c1ccccc1. The van der Waals surface area contributed by atoms with Crippen LogP contribution in [0.2, 0.25) is 0 Å². The first kappa shape index (κ1) is 16.2. The van der Waals surface area contributed by atoms with Crippen LogP contribution < -0.4 is 5.32 Å². The predicted molar refractivity (Wildman–Crippen MR) is 87.4 cm³/mol. The lowest BCUT2D eigenvalue weighted by atomic mass is 10.0. The second-order valence-electron chi connectivity index (χ2n) is 4.70. The van der Waals surface area contributed by atoms with Crippen LogP contribution in [0.5, 0.6) is 0 Å². The molecule has 0 saturated carbocycles. The topological polar surface area (TPSA) is 55.4 Å². The Kier molecular flexibility index (Phi) is 5.72. The molecule has 114 valence electrons. The number of amides is 1. The van der Waals surface area contributed by atoms with E-state index in [0.29, 0.717) is 10.0 Å². The molecule has 0 heterocycles. The third-order valence-electron chi connectivity index (χ3n) is 3.22. The van der Waals surface area contributed by atoms with Gasteiger partial charge in [-0.1, -0.05) is 42.5 Å². The van der Waals surface area contributed by atoms with Crippen LogP contribution in [0, 0.1) is 0 Å². The molecule has 4 nitrogen and oxygen atoms in total. The molecule has 22 heavy (non-hydrogen) atoms.